The molecule has 3 aromatic rings. The van der Waals surface area contributed by atoms with Gasteiger partial charge in [0.15, 0.2) is 22.8 Å². The van der Waals surface area contributed by atoms with Crippen molar-refractivity contribution in [3.05, 3.63) is 24.2 Å². The molecule has 0 aromatic carbocycles. The number of aryl methyl sites for hydroxylation is 1. The normalized spacial score (nSPS) is 18.3. The first-order valence-corrected chi connectivity index (χ1v) is 13.4. The number of imidazole rings is 1. The number of hydrogen-bond donors (Lipinski definition) is 0. The van der Waals surface area contributed by atoms with E-state index in [-0.39, 0.29) is 0 Å². The summed E-state index contributed by atoms with van der Waals surface area (Å²) in [5.41, 5.74) is 2.29. The van der Waals surface area contributed by atoms with E-state index >= 15 is 0 Å². The Bertz CT molecular complexity index is 1300. The Balaban J connectivity index is 1.49. The molecule has 2 saturated heterocycles. The van der Waals surface area contributed by atoms with Gasteiger partial charge < -0.3 is 18.9 Å². The fourth-order valence-corrected chi connectivity index (χ4v) is 5.24. The molecule has 35 heavy (non-hydrogen) atoms. The Labute approximate surface area is 204 Å². The molecule has 3 aromatic heterocycles. The van der Waals surface area contributed by atoms with E-state index in [0.29, 0.717) is 57.6 Å². The first kappa shape index (κ1) is 23.9. The minimum absolute atomic E-state index is 0.482. The van der Waals surface area contributed by atoms with Crippen LogP contribution in [-0.4, -0.2) is 108 Å². The maximum Gasteiger partial charge on any atom is 0.212 e. The molecule has 0 bridgehead atoms. The van der Waals surface area contributed by atoms with Gasteiger partial charge in [0.1, 0.15) is 5.82 Å². The molecule has 0 amide bonds. The van der Waals surface area contributed by atoms with Gasteiger partial charge >= 0.3 is 0 Å². The van der Waals surface area contributed by atoms with Crippen LogP contribution in [-0.2, 0) is 28.4 Å². The van der Waals surface area contributed by atoms with Gasteiger partial charge in [0, 0.05) is 64.1 Å². The fourth-order valence-electron chi connectivity index (χ4n) is 4.41. The molecule has 5 rings (SSSR count). The predicted octanol–water partition coefficient (Wildman–Crippen LogP) is 0.348. The number of pyridine rings is 1. The van der Waals surface area contributed by atoms with E-state index in [1.165, 1.54) is 10.6 Å². The number of morpholine rings is 1. The summed E-state index contributed by atoms with van der Waals surface area (Å²) >= 11 is 0. The number of sulfonamides is 1. The van der Waals surface area contributed by atoms with E-state index in [9.17, 15) is 8.42 Å². The van der Waals surface area contributed by atoms with E-state index in [2.05, 4.69) is 14.8 Å². The molecule has 0 N–H and O–H groups in total. The van der Waals surface area contributed by atoms with Gasteiger partial charge in [-0.15, -0.1) is 0 Å². The number of fused-ring (bicyclic) bond motifs is 1. The van der Waals surface area contributed by atoms with E-state index in [1.807, 2.05) is 17.7 Å². The van der Waals surface area contributed by atoms with Crippen LogP contribution < -0.4 is 9.64 Å². The lowest BCUT2D eigenvalue weighted by atomic mass is 10.2. The highest BCUT2D eigenvalue weighted by atomic mass is 32.2. The predicted molar refractivity (Wildman–Crippen MR) is 131 cm³/mol. The fraction of sp³-hybridized carbons (Fsp3) is 0.545. The molecule has 0 saturated carbocycles. The second kappa shape index (κ2) is 9.64. The number of aromatic nitrogens is 5. The summed E-state index contributed by atoms with van der Waals surface area (Å²) in [7, 11) is 0.379. The zero-order valence-corrected chi connectivity index (χ0v) is 21.0. The molecule has 0 aliphatic carbocycles. The summed E-state index contributed by atoms with van der Waals surface area (Å²) in [4.78, 5) is 23.4. The van der Waals surface area contributed by atoms with Crippen LogP contribution in [0.25, 0.3) is 22.6 Å². The zero-order chi connectivity index (χ0) is 24.6. The maximum absolute atomic E-state index is 11.8. The summed E-state index contributed by atoms with van der Waals surface area (Å²) in [5, 5.41) is 0. The SMILES string of the molecule is COc1ccc(-c2nc(N3CCOCC3)c3nc(CN4CCN(S(C)(=O)=O)CC4)n(C)c3n2)cn1. The van der Waals surface area contributed by atoms with Crippen LogP contribution in [0.15, 0.2) is 18.3 Å². The van der Waals surface area contributed by atoms with Gasteiger partial charge in [0.05, 0.1) is 33.1 Å². The lowest BCUT2D eigenvalue weighted by molar-refractivity contribution is 0.122. The van der Waals surface area contributed by atoms with Crippen molar-refractivity contribution in [3.8, 4) is 17.3 Å². The molecule has 0 radical (unpaired) electrons. The van der Waals surface area contributed by atoms with Crippen molar-refractivity contribution in [2.75, 3.05) is 70.7 Å². The van der Waals surface area contributed by atoms with Crippen molar-refractivity contribution in [1.29, 1.82) is 0 Å². The van der Waals surface area contributed by atoms with Crippen LogP contribution in [0, 0.1) is 0 Å². The Kier molecular flexibility index (Phi) is 6.57. The summed E-state index contributed by atoms with van der Waals surface area (Å²) in [6.07, 6.45) is 2.97. The summed E-state index contributed by atoms with van der Waals surface area (Å²) in [6.45, 7) is 5.60. The van der Waals surface area contributed by atoms with Gasteiger partial charge in [0.2, 0.25) is 15.9 Å². The van der Waals surface area contributed by atoms with Crippen LogP contribution in [0.3, 0.4) is 0 Å². The minimum atomic E-state index is -3.17. The molecule has 0 atom stereocenters. The molecule has 0 spiro atoms. The standard InChI is InChI=1S/C22H30N8O4S/c1-27-17(15-28-6-8-30(9-7-28)35(3,31)32)24-19-21(27)25-20(16-4-5-18(33-2)23-14-16)26-22(19)29-10-12-34-13-11-29/h4-5,14H,6-13,15H2,1-3H3. The van der Waals surface area contributed by atoms with Gasteiger partial charge in [-0.2, -0.15) is 4.31 Å². The number of hydrogen-bond acceptors (Lipinski definition) is 10. The molecule has 188 valence electrons. The van der Waals surface area contributed by atoms with Gasteiger partial charge in [0.25, 0.3) is 0 Å². The molecule has 12 nitrogen and oxygen atoms in total. The molecule has 5 heterocycles. The van der Waals surface area contributed by atoms with Crippen LogP contribution in [0.1, 0.15) is 5.82 Å². The summed E-state index contributed by atoms with van der Waals surface area (Å²) in [5.74, 6) is 2.75. The second-order valence-corrected chi connectivity index (χ2v) is 10.7. The van der Waals surface area contributed by atoms with Crippen LogP contribution in [0.4, 0.5) is 5.82 Å². The van der Waals surface area contributed by atoms with Crippen molar-refractivity contribution < 1.29 is 17.9 Å². The number of nitrogens with zero attached hydrogens (tertiary/aromatic N) is 8. The Morgan fingerprint density at radius 1 is 1.03 bits per heavy atom. The van der Waals surface area contributed by atoms with E-state index in [1.54, 1.807) is 19.4 Å². The van der Waals surface area contributed by atoms with Crippen LogP contribution >= 0.6 is 0 Å². The number of ether oxygens (including phenoxy) is 2. The average molecular weight is 503 g/mol. The number of anilines is 1. The molecule has 2 aliphatic heterocycles. The lowest BCUT2D eigenvalue weighted by Gasteiger charge is -2.32. The van der Waals surface area contributed by atoms with Crippen LogP contribution in [0.2, 0.25) is 0 Å². The molecule has 13 heteroatoms. The van der Waals surface area contributed by atoms with Gasteiger partial charge in [-0.05, 0) is 6.07 Å². The summed E-state index contributed by atoms with van der Waals surface area (Å²) in [6, 6.07) is 3.69. The highest BCUT2D eigenvalue weighted by Gasteiger charge is 2.26. The van der Waals surface area contributed by atoms with Crippen LogP contribution in [0.5, 0.6) is 5.88 Å². The average Bonchev–Trinajstić information content (AvgIpc) is 3.19. The smallest absolute Gasteiger partial charge is 0.212 e. The Morgan fingerprint density at radius 3 is 2.40 bits per heavy atom. The molecular weight excluding hydrogens is 472 g/mol. The highest BCUT2D eigenvalue weighted by Crippen LogP contribution is 2.29. The first-order valence-electron chi connectivity index (χ1n) is 11.6. The Morgan fingerprint density at radius 2 is 1.77 bits per heavy atom. The third kappa shape index (κ3) is 4.94. The summed E-state index contributed by atoms with van der Waals surface area (Å²) < 4.78 is 38.0. The molecular formula is C22H30N8O4S. The van der Waals surface area contributed by atoms with E-state index in [0.717, 1.165) is 41.5 Å². The molecule has 0 unspecified atom stereocenters. The molecule has 2 fully saturated rings. The van der Waals surface area contributed by atoms with Crippen molar-refractivity contribution in [3.63, 3.8) is 0 Å². The van der Waals surface area contributed by atoms with Gasteiger partial charge in [-0.3, -0.25) is 4.90 Å². The topological polar surface area (TPSA) is 119 Å². The van der Waals surface area contributed by atoms with E-state index < -0.39 is 10.0 Å². The minimum Gasteiger partial charge on any atom is -0.481 e. The zero-order valence-electron chi connectivity index (χ0n) is 20.2. The largest absolute Gasteiger partial charge is 0.481 e. The van der Waals surface area contributed by atoms with Crippen molar-refractivity contribution in [1.82, 2.24) is 33.7 Å². The number of piperazine rings is 1. The molecule has 2 aliphatic rings. The Hall–Kier alpha value is -2.87. The van der Waals surface area contributed by atoms with Gasteiger partial charge in [-0.1, -0.05) is 0 Å². The lowest BCUT2D eigenvalue weighted by Crippen LogP contribution is -2.48. The van der Waals surface area contributed by atoms with Gasteiger partial charge in [-0.25, -0.2) is 28.4 Å². The third-order valence-electron chi connectivity index (χ3n) is 6.47. The number of rotatable bonds is 6. The van der Waals surface area contributed by atoms with Crippen molar-refractivity contribution >= 4 is 27.0 Å². The highest BCUT2D eigenvalue weighted by molar-refractivity contribution is 7.88. The van der Waals surface area contributed by atoms with Crippen molar-refractivity contribution in [2.45, 2.75) is 6.54 Å². The number of methoxy groups -OCH3 is 1. The van der Waals surface area contributed by atoms with E-state index in [4.69, 9.17) is 24.4 Å². The van der Waals surface area contributed by atoms with Crippen molar-refractivity contribution in [2.24, 2.45) is 7.05 Å². The quantitative estimate of drug-likeness (QED) is 0.467. The third-order valence-corrected chi connectivity index (χ3v) is 7.78. The first-order chi connectivity index (χ1) is 16.8. The maximum atomic E-state index is 11.8. The second-order valence-electron chi connectivity index (χ2n) is 8.76. The monoisotopic (exact) mass is 502 g/mol.